The van der Waals surface area contributed by atoms with E-state index in [4.69, 9.17) is 4.74 Å². The molecule has 1 aliphatic rings. The van der Waals surface area contributed by atoms with Crippen LogP contribution in [0.15, 0.2) is 18.2 Å². The summed E-state index contributed by atoms with van der Waals surface area (Å²) in [6.45, 7) is 5.80. The van der Waals surface area contributed by atoms with E-state index < -0.39 is 4.92 Å². The number of ether oxygens (including phenoxy) is 1. The Kier molecular flexibility index (Phi) is 3.73. The number of rotatable bonds is 3. The molecule has 6 heteroatoms. The predicted octanol–water partition coefficient (Wildman–Crippen LogP) is 1.70. The molecule has 1 heterocycles. The van der Waals surface area contributed by atoms with Crippen LogP contribution < -0.4 is 4.90 Å². The van der Waals surface area contributed by atoms with Crippen LogP contribution in [0.1, 0.15) is 19.4 Å². The fourth-order valence-electron chi connectivity index (χ4n) is 2.38. The minimum atomic E-state index is -0.451. The third-order valence-corrected chi connectivity index (χ3v) is 3.38. The van der Waals surface area contributed by atoms with E-state index >= 15 is 0 Å². The van der Waals surface area contributed by atoms with Gasteiger partial charge in [0.1, 0.15) is 0 Å². The summed E-state index contributed by atoms with van der Waals surface area (Å²) in [6.07, 6.45) is 0. The number of anilines is 1. The average molecular weight is 266 g/mol. The Morgan fingerprint density at radius 1 is 1.53 bits per heavy atom. The van der Waals surface area contributed by atoms with Gasteiger partial charge in [-0.15, -0.1) is 0 Å². The quantitative estimate of drug-likeness (QED) is 0.665. The molecule has 6 nitrogen and oxygen atoms in total. The molecule has 1 saturated heterocycles. The van der Waals surface area contributed by atoms with Gasteiger partial charge in [-0.1, -0.05) is 0 Å². The second kappa shape index (κ2) is 5.14. The predicted molar refractivity (Wildman–Crippen MR) is 71.3 cm³/mol. The Bertz CT molecular complexity index is 488. The number of nitrogens with zero attached hydrogens (tertiary/aromatic N) is 2. The Morgan fingerprint density at radius 3 is 2.84 bits per heavy atom. The summed E-state index contributed by atoms with van der Waals surface area (Å²) in [6, 6.07) is 4.61. The van der Waals surface area contributed by atoms with Gasteiger partial charge in [0, 0.05) is 29.9 Å². The zero-order chi connectivity index (χ0) is 14.0. The number of hydrogen-bond donors (Lipinski definition) is 1. The summed E-state index contributed by atoms with van der Waals surface area (Å²) in [5.74, 6) is 0. The molecule has 1 fully saturated rings. The molecule has 0 atom stereocenters. The number of aliphatic hydroxyl groups excluding tert-OH is 1. The first kappa shape index (κ1) is 13.8. The van der Waals surface area contributed by atoms with E-state index in [1.165, 1.54) is 12.1 Å². The molecule has 0 unspecified atom stereocenters. The molecule has 0 aromatic heterocycles. The van der Waals surface area contributed by atoms with Gasteiger partial charge >= 0.3 is 0 Å². The molecule has 0 amide bonds. The van der Waals surface area contributed by atoms with Crippen LogP contribution in [-0.4, -0.2) is 35.3 Å². The highest BCUT2D eigenvalue weighted by Gasteiger charge is 2.32. The number of aliphatic hydroxyl groups is 1. The molecular weight excluding hydrogens is 248 g/mol. The zero-order valence-electron chi connectivity index (χ0n) is 11.1. The molecule has 0 bridgehead atoms. The van der Waals surface area contributed by atoms with Crippen molar-refractivity contribution in [3.63, 3.8) is 0 Å². The lowest BCUT2D eigenvalue weighted by Gasteiger charge is -2.44. The fourth-order valence-corrected chi connectivity index (χ4v) is 2.38. The van der Waals surface area contributed by atoms with Crippen LogP contribution in [-0.2, 0) is 11.3 Å². The third-order valence-electron chi connectivity index (χ3n) is 3.38. The van der Waals surface area contributed by atoms with Crippen LogP contribution in [0.4, 0.5) is 11.4 Å². The zero-order valence-corrected chi connectivity index (χ0v) is 11.1. The van der Waals surface area contributed by atoms with Crippen molar-refractivity contribution in [2.45, 2.75) is 26.0 Å². The van der Waals surface area contributed by atoms with E-state index in [2.05, 4.69) is 18.7 Å². The molecule has 2 rings (SSSR count). The molecule has 19 heavy (non-hydrogen) atoms. The van der Waals surface area contributed by atoms with Crippen LogP contribution >= 0.6 is 0 Å². The molecule has 1 aliphatic heterocycles. The van der Waals surface area contributed by atoms with Crippen LogP contribution in [0.2, 0.25) is 0 Å². The van der Waals surface area contributed by atoms with E-state index in [0.717, 1.165) is 5.69 Å². The summed E-state index contributed by atoms with van der Waals surface area (Å²) in [7, 11) is 0. The number of hydrogen-bond acceptors (Lipinski definition) is 5. The SMILES string of the molecule is CC1(C)COCCN1c1ccc([N+](=O)[O-])cc1CO. The first-order chi connectivity index (χ1) is 8.95. The monoisotopic (exact) mass is 266 g/mol. The average Bonchev–Trinajstić information content (AvgIpc) is 2.37. The number of nitro benzene ring substituents is 1. The van der Waals surface area contributed by atoms with Gasteiger partial charge in [-0.3, -0.25) is 10.1 Å². The smallest absolute Gasteiger partial charge is 0.269 e. The minimum Gasteiger partial charge on any atom is -0.392 e. The second-order valence-corrected chi connectivity index (χ2v) is 5.24. The number of nitro groups is 1. The number of morpholine rings is 1. The van der Waals surface area contributed by atoms with Gasteiger partial charge in [-0.05, 0) is 19.9 Å². The summed E-state index contributed by atoms with van der Waals surface area (Å²) in [5, 5.41) is 20.2. The summed E-state index contributed by atoms with van der Waals surface area (Å²) in [5.41, 5.74) is 1.21. The van der Waals surface area contributed by atoms with Crippen molar-refractivity contribution in [3.8, 4) is 0 Å². The Labute approximate surface area is 111 Å². The molecule has 0 aliphatic carbocycles. The van der Waals surface area contributed by atoms with Gasteiger partial charge < -0.3 is 14.7 Å². The topological polar surface area (TPSA) is 75.8 Å². The lowest BCUT2D eigenvalue weighted by atomic mass is 9.99. The maximum atomic E-state index is 10.8. The van der Waals surface area contributed by atoms with Gasteiger partial charge in [0.15, 0.2) is 0 Å². The largest absolute Gasteiger partial charge is 0.392 e. The van der Waals surface area contributed by atoms with Crippen molar-refractivity contribution in [1.82, 2.24) is 0 Å². The van der Waals surface area contributed by atoms with Crippen molar-refractivity contribution in [3.05, 3.63) is 33.9 Å². The summed E-state index contributed by atoms with van der Waals surface area (Å²) < 4.78 is 5.46. The van der Waals surface area contributed by atoms with Crippen molar-refractivity contribution in [2.75, 3.05) is 24.7 Å². The molecule has 104 valence electrons. The van der Waals surface area contributed by atoms with E-state index in [0.29, 0.717) is 25.3 Å². The molecule has 0 spiro atoms. The summed E-state index contributed by atoms with van der Waals surface area (Å²) in [4.78, 5) is 12.5. The van der Waals surface area contributed by atoms with Crippen molar-refractivity contribution in [1.29, 1.82) is 0 Å². The Hall–Kier alpha value is -1.66. The molecule has 0 radical (unpaired) electrons. The maximum absolute atomic E-state index is 10.8. The normalized spacial score (nSPS) is 18.4. The van der Waals surface area contributed by atoms with Gasteiger partial charge in [-0.2, -0.15) is 0 Å². The van der Waals surface area contributed by atoms with Crippen molar-refractivity contribution >= 4 is 11.4 Å². The molecule has 1 aromatic carbocycles. The van der Waals surface area contributed by atoms with Crippen LogP contribution in [0.25, 0.3) is 0 Å². The highest BCUT2D eigenvalue weighted by molar-refractivity contribution is 5.59. The van der Waals surface area contributed by atoms with E-state index in [1.54, 1.807) is 6.07 Å². The van der Waals surface area contributed by atoms with E-state index in [-0.39, 0.29) is 17.8 Å². The van der Waals surface area contributed by atoms with Gasteiger partial charge in [-0.25, -0.2) is 0 Å². The maximum Gasteiger partial charge on any atom is 0.269 e. The Balaban J connectivity index is 2.41. The van der Waals surface area contributed by atoms with Gasteiger partial charge in [0.05, 0.1) is 30.3 Å². The van der Waals surface area contributed by atoms with Crippen LogP contribution in [0.3, 0.4) is 0 Å². The van der Waals surface area contributed by atoms with Gasteiger partial charge in [0.25, 0.3) is 5.69 Å². The lowest BCUT2D eigenvalue weighted by molar-refractivity contribution is -0.384. The van der Waals surface area contributed by atoms with Gasteiger partial charge in [0.2, 0.25) is 0 Å². The van der Waals surface area contributed by atoms with Crippen LogP contribution in [0, 0.1) is 10.1 Å². The van der Waals surface area contributed by atoms with Crippen molar-refractivity contribution in [2.24, 2.45) is 0 Å². The Morgan fingerprint density at radius 2 is 2.26 bits per heavy atom. The first-order valence-corrected chi connectivity index (χ1v) is 6.19. The standard InChI is InChI=1S/C13H18N2O4/c1-13(2)9-19-6-5-14(13)12-4-3-11(15(17)18)7-10(12)8-16/h3-4,7,16H,5-6,8-9H2,1-2H3. The van der Waals surface area contributed by atoms with Crippen molar-refractivity contribution < 1.29 is 14.8 Å². The van der Waals surface area contributed by atoms with E-state index in [1.807, 2.05) is 0 Å². The van der Waals surface area contributed by atoms with E-state index in [9.17, 15) is 15.2 Å². The molecule has 1 aromatic rings. The number of benzene rings is 1. The second-order valence-electron chi connectivity index (χ2n) is 5.24. The first-order valence-electron chi connectivity index (χ1n) is 6.19. The summed E-state index contributed by atoms with van der Waals surface area (Å²) >= 11 is 0. The minimum absolute atomic E-state index is 0.00105. The highest BCUT2D eigenvalue weighted by atomic mass is 16.6. The van der Waals surface area contributed by atoms with Crippen LogP contribution in [0.5, 0.6) is 0 Å². The number of non-ortho nitro benzene ring substituents is 1. The fraction of sp³-hybridized carbons (Fsp3) is 0.538. The molecule has 0 saturated carbocycles. The third kappa shape index (κ3) is 2.69. The molecule has 1 N–H and O–H groups in total. The molecular formula is C13H18N2O4. The lowest BCUT2D eigenvalue weighted by Crippen LogP contribution is -2.53. The highest BCUT2D eigenvalue weighted by Crippen LogP contribution is 2.32.